The predicted molar refractivity (Wildman–Crippen MR) is 84.0 cm³/mol. The van der Waals surface area contributed by atoms with Crippen LogP contribution in [0.5, 0.6) is 0 Å². The average molecular weight is 280 g/mol. The molecule has 0 aliphatic heterocycles. The summed E-state index contributed by atoms with van der Waals surface area (Å²) in [6, 6.07) is 10.5. The van der Waals surface area contributed by atoms with Gasteiger partial charge in [0.25, 0.3) is 0 Å². The molecule has 0 atom stereocenters. The van der Waals surface area contributed by atoms with Gasteiger partial charge in [0.1, 0.15) is 0 Å². The lowest BCUT2D eigenvalue weighted by Gasteiger charge is -2.43. The van der Waals surface area contributed by atoms with E-state index in [1.54, 1.807) is 0 Å². The molecule has 0 unspecified atom stereocenters. The summed E-state index contributed by atoms with van der Waals surface area (Å²) in [6.45, 7) is 15.0. The molecule has 0 aliphatic carbocycles. The fourth-order valence-electron chi connectivity index (χ4n) is 2.27. The Balaban J connectivity index is 3.34. The zero-order chi connectivity index (χ0) is 14.7. The van der Waals surface area contributed by atoms with Gasteiger partial charge in [-0.1, -0.05) is 51.1 Å². The van der Waals surface area contributed by atoms with Gasteiger partial charge >= 0.3 is 8.56 Å². The summed E-state index contributed by atoms with van der Waals surface area (Å²) in [7, 11) is -2.50. The minimum atomic E-state index is -2.50. The van der Waals surface area contributed by atoms with E-state index in [9.17, 15) is 0 Å². The summed E-state index contributed by atoms with van der Waals surface area (Å²) in [5, 5.41) is 1.19. The number of hydrogen-bond donors (Lipinski definition) is 0. The zero-order valence-electron chi connectivity index (χ0n) is 13.4. The lowest BCUT2D eigenvalue weighted by molar-refractivity contribution is 0.0992. The number of rotatable bonds is 5. The van der Waals surface area contributed by atoms with E-state index in [1.807, 2.05) is 6.07 Å². The standard InChI is InChI=1S/C16H28O2Si/c1-13(2)17-19(16(5,6)7,18-14(3)4)15-11-9-8-10-12-15/h8-14H,1-7H3. The molecule has 0 amide bonds. The first-order chi connectivity index (χ1) is 8.69. The molecular weight excluding hydrogens is 252 g/mol. The first-order valence-corrected chi connectivity index (χ1v) is 8.92. The Labute approximate surface area is 119 Å². The topological polar surface area (TPSA) is 18.5 Å². The fourth-order valence-corrected chi connectivity index (χ4v) is 6.13. The van der Waals surface area contributed by atoms with Gasteiger partial charge in [-0.05, 0) is 32.9 Å². The fraction of sp³-hybridized carbons (Fsp3) is 0.625. The molecule has 1 rings (SSSR count). The molecule has 1 aromatic rings. The van der Waals surface area contributed by atoms with Gasteiger partial charge in [0.15, 0.2) is 0 Å². The van der Waals surface area contributed by atoms with Gasteiger partial charge in [0.2, 0.25) is 0 Å². The van der Waals surface area contributed by atoms with Crippen LogP contribution in [0.2, 0.25) is 5.04 Å². The van der Waals surface area contributed by atoms with Crippen molar-refractivity contribution >= 4 is 13.7 Å². The van der Waals surface area contributed by atoms with Crippen molar-refractivity contribution in [3.63, 3.8) is 0 Å². The van der Waals surface area contributed by atoms with Gasteiger partial charge in [-0.3, -0.25) is 0 Å². The molecule has 0 bridgehead atoms. The number of hydrogen-bond acceptors (Lipinski definition) is 2. The molecule has 3 heteroatoms. The summed E-state index contributed by atoms with van der Waals surface area (Å²) >= 11 is 0. The molecule has 0 aliphatic rings. The van der Waals surface area contributed by atoms with Crippen LogP contribution in [-0.4, -0.2) is 20.8 Å². The molecule has 0 fully saturated rings. The highest BCUT2D eigenvalue weighted by molar-refractivity contribution is 6.83. The Morgan fingerprint density at radius 1 is 0.842 bits per heavy atom. The third-order valence-corrected chi connectivity index (χ3v) is 7.62. The number of benzene rings is 1. The lowest BCUT2D eigenvalue weighted by Crippen LogP contribution is -2.62. The molecule has 0 spiro atoms. The van der Waals surface area contributed by atoms with Crippen molar-refractivity contribution < 1.29 is 8.85 Å². The van der Waals surface area contributed by atoms with E-state index in [2.05, 4.69) is 72.7 Å². The van der Waals surface area contributed by atoms with Crippen LogP contribution >= 0.6 is 0 Å². The largest absolute Gasteiger partial charge is 0.388 e. The lowest BCUT2D eigenvalue weighted by atomic mass is 10.2. The molecule has 0 saturated carbocycles. The Morgan fingerprint density at radius 2 is 1.26 bits per heavy atom. The molecule has 1 aromatic carbocycles. The second kappa shape index (κ2) is 6.20. The van der Waals surface area contributed by atoms with E-state index < -0.39 is 8.56 Å². The van der Waals surface area contributed by atoms with Crippen LogP contribution in [0.15, 0.2) is 30.3 Å². The van der Waals surface area contributed by atoms with Crippen LogP contribution in [0.25, 0.3) is 0 Å². The molecule has 19 heavy (non-hydrogen) atoms. The Morgan fingerprint density at radius 3 is 1.58 bits per heavy atom. The quantitative estimate of drug-likeness (QED) is 0.759. The molecule has 0 N–H and O–H groups in total. The van der Waals surface area contributed by atoms with Crippen LogP contribution in [0.4, 0.5) is 0 Å². The first-order valence-electron chi connectivity index (χ1n) is 7.10. The van der Waals surface area contributed by atoms with E-state index in [0.717, 1.165) is 0 Å². The van der Waals surface area contributed by atoms with Crippen LogP contribution in [0.3, 0.4) is 0 Å². The molecule has 2 nitrogen and oxygen atoms in total. The highest BCUT2D eigenvalue weighted by Gasteiger charge is 2.52. The summed E-state index contributed by atoms with van der Waals surface area (Å²) in [5.41, 5.74) is 0. The Hall–Kier alpha value is -0.643. The van der Waals surface area contributed by atoms with Crippen LogP contribution in [0.1, 0.15) is 48.5 Å². The highest BCUT2D eigenvalue weighted by Crippen LogP contribution is 2.39. The molecule has 0 aromatic heterocycles. The minimum absolute atomic E-state index is 0.0249. The van der Waals surface area contributed by atoms with Crippen molar-refractivity contribution in [3.05, 3.63) is 30.3 Å². The van der Waals surface area contributed by atoms with Gasteiger partial charge in [-0.25, -0.2) is 0 Å². The van der Waals surface area contributed by atoms with E-state index >= 15 is 0 Å². The van der Waals surface area contributed by atoms with E-state index in [-0.39, 0.29) is 17.2 Å². The maximum absolute atomic E-state index is 6.42. The SMILES string of the molecule is CC(C)O[Si](OC(C)C)(c1ccccc1)C(C)(C)C. The van der Waals surface area contributed by atoms with Crippen molar-refractivity contribution in [1.82, 2.24) is 0 Å². The summed E-state index contributed by atoms with van der Waals surface area (Å²) in [4.78, 5) is 0. The van der Waals surface area contributed by atoms with Gasteiger partial charge < -0.3 is 8.85 Å². The summed E-state index contributed by atoms with van der Waals surface area (Å²) < 4.78 is 12.8. The van der Waals surface area contributed by atoms with Gasteiger partial charge in [0.05, 0.1) is 0 Å². The van der Waals surface area contributed by atoms with Crippen molar-refractivity contribution in [3.8, 4) is 0 Å². The van der Waals surface area contributed by atoms with Crippen molar-refractivity contribution in [2.24, 2.45) is 0 Å². The third-order valence-electron chi connectivity index (χ3n) is 2.94. The van der Waals surface area contributed by atoms with Crippen molar-refractivity contribution in [2.45, 2.75) is 65.7 Å². The van der Waals surface area contributed by atoms with E-state index in [0.29, 0.717) is 0 Å². The molecule has 108 valence electrons. The molecule has 0 radical (unpaired) electrons. The van der Waals surface area contributed by atoms with E-state index in [1.165, 1.54) is 5.19 Å². The molecule has 0 heterocycles. The normalized spacial score (nSPS) is 13.3. The predicted octanol–water partition coefficient (Wildman–Crippen LogP) is 3.99. The highest BCUT2D eigenvalue weighted by atomic mass is 28.4. The third kappa shape index (κ3) is 3.91. The van der Waals surface area contributed by atoms with Gasteiger partial charge in [-0.2, -0.15) is 0 Å². The van der Waals surface area contributed by atoms with E-state index in [4.69, 9.17) is 8.85 Å². The average Bonchev–Trinajstić information content (AvgIpc) is 2.26. The van der Waals surface area contributed by atoms with Crippen LogP contribution in [-0.2, 0) is 8.85 Å². The Bertz CT molecular complexity index is 369. The summed E-state index contributed by atoms with van der Waals surface area (Å²) in [5.74, 6) is 0. The second-order valence-electron chi connectivity index (χ2n) is 6.57. The first kappa shape index (κ1) is 16.4. The van der Waals surface area contributed by atoms with Crippen LogP contribution in [0, 0.1) is 0 Å². The molecule has 0 saturated heterocycles. The van der Waals surface area contributed by atoms with Crippen LogP contribution < -0.4 is 5.19 Å². The zero-order valence-corrected chi connectivity index (χ0v) is 14.4. The Kier molecular flexibility index (Phi) is 5.36. The van der Waals surface area contributed by atoms with Gasteiger partial charge in [-0.15, -0.1) is 0 Å². The second-order valence-corrected chi connectivity index (χ2v) is 10.3. The molecular formula is C16H28O2Si. The maximum Gasteiger partial charge on any atom is 0.378 e. The summed E-state index contributed by atoms with van der Waals surface area (Å²) in [6.07, 6.45) is 0.315. The smallest absolute Gasteiger partial charge is 0.378 e. The maximum atomic E-state index is 6.42. The minimum Gasteiger partial charge on any atom is -0.388 e. The van der Waals surface area contributed by atoms with Gasteiger partial charge in [0, 0.05) is 17.2 Å². The monoisotopic (exact) mass is 280 g/mol. The van der Waals surface area contributed by atoms with Crippen molar-refractivity contribution in [2.75, 3.05) is 0 Å². The van der Waals surface area contributed by atoms with Crippen molar-refractivity contribution in [1.29, 1.82) is 0 Å².